The highest BCUT2D eigenvalue weighted by Gasteiger charge is 2.28. The Balaban J connectivity index is 1.89. The van der Waals surface area contributed by atoms with Gasteiger partial charge in [-0.15, -0.1) is 0 Å². The second-order valence-corrected chi connectivity index (χ2v) is 10.8. The monoisotopic (exact) mass is 517 g/mol. The average Bonchev–Trinajstić information content (AvgIpc) is 3.44. The number of methoxy groups -OCH3 is 3. The second kappa shape index (κ2) is 19.3. The van der Waals surface area contributed by atoms with E-state index in [9.17, 15) is 4.79 Å². The van der Waals surface area contributed by atoms with Gasteiger partial charge in [0.1, 0.15) is 23.0 Å². The largest absolute Gasteiger partial charge is 0.496 e. The Morgan fingerprint density at radius 2 is 1.27 bits per heavy atom. The molecule has 0 saturated carbocycles. The van der Waals surface area contributed by atoms with Crippen molar-refractivity contribution in [1.82, 2.24) is 4.90 Å². The molecule has 1 aliphatic heterocycles. The van der Waals surface area contributed by atoms with Crippen LogP contribution in [0.5, 0.6) is 17.2 Å². The lowest BCUT2D eigenvalue weighted by atomic mass is 9.86. The number of unbranched alkanes of at least 4 members (excludes halogenated alkanes) is 11. The van der Waals surface area contributed by atoms with Crippen LogP contribution in [0.3, 0.4) is 0 Å². The number of hydrogen-bond donors (Lipinski definition) is 0. The molecule has 1 aromatic carbocycles. The Hall–Kier alpha value is -1.75. The predicted molar refractivity (Wildman–Crippen MR) is 154 cm³/mol. The zero-order valence-electron chi connectivity index (χ0n) is 24.5. The fourth-order valence-electron chi connectivity index (χ4n) is 5.69. The van der Waals surface area contributed by atoms with Crippen LogP contribution < -0.4 is 14.2 Å². The van der Waals surface area contributed by atoms with E-state index in [1.54, 1.807) is 21.3 Å². The van der Waals surface area contributed by atoms with Gasteiger partial charge in [-0.25, -0.2) is 0 Å². The number of hydrogen-bond acceptors (Lipinski definition) is 5. The van der Waals surface area contributed by atoms with Crippen molar-refractivity contribution in [3.05, 3.63) is 17.7 Å². The highest BCUT2D eigenvalue weighted by molar-refractivity contribution is 5.87. The van der Waals surface area contributed by atoms with Gasteiger partial charge in [0.2, 0.25) is 0 Å². The van der Waals surface area contributed by atoms with Crippen molar-refractivity contribution in [1.29, 1.82) is 0 Å². The van der Waals surface area contributed by atoms with E-state index >= 15 is 0 Å². The molecule has 0 bridgehead atoms. The molecule has 5 heteroatoms. The quantitative estimate of drug-likeness (QED) is 0.145. The van der Waals surface area contributed by atoms with Crippen molar-refractivity contribution in [2.45, 2.75) is 122 Å². The number of nitrogens with zero attached hydrogens (tertiary/aromatic N) is 1. The van der Waals surface area contributed by atoms with Crippen LogP contribution in [0.2, 0.25) is 0 Å². The summed E-state index contributed by atoms with van der Waals surface area (Å²) in [7, 11) is 4.97. The molecule has 37 heavy (non-hydrogen) atoms. The van der Waals surface area contributed by atoms with Gasteiger partial charge in [0.15, 0.2) is 0 Å². The minimum atomic E-state index is -0.197. The van der Waals surface area contributed by atoms with Gasteiger partial charge in [0.05, 0.1) is 27.2 Å². The van der Waals surface area contributed by atoms with Gasteiger partial charge in [0.25, 0.3) is 0 Å². The van der Waals surface area contributed by atoms with Crippen LogP contribution in [0.25, 0.3) is 0 Å². The zero-order chi connectivity index (χ0) is 26.7. The summed E-state index contributed by atoms with van der Waals surface area (Å²) in [6.45, 7) is 5.65. The molecule has 212 valence electrons. The second-order valence-electron chi connectivity index (χ2n) is 10.8. The van der Waals surface area contributed by atoms with Gasteiger partial charge < -0.3 is 19.1 Å². The summed E-state index contributed by atoms with van der Waals surface area (Å²) >= 11 is 0. The lowest BCUT2D eigenvalue weighted by Crippen LogP contribution is -2.22. The molecule has 2 rings (SSSR count). The first-order chi connectivity index (χ1) is 18.1. The summed E-state index contributed by atoms with van der Waals surface area (Å²) in [5.41, 5.74) is 0.889. The van der Waals surface area contributed by atoms with E-state index in [2.05, 4.69) is 11.8 Å². The van der Waals surface area contributed by atoms with Crippen LogP contribution >= 0.6 is 0 Å². The third-order valence-corrected chi connectivity index (χ3v) is 7.93. The molecule has 0 aromatic heterocycles. The maximum absolute atomic E-state index is 13.6. The summed E-state index contributed by atoms with van der Waals surface area (Å²) in [4.78, 5) is 16.1. The van der Waals surface area contributed by atoms with E-state index in [1.807, 2.05) is 12.1 Å². The predicted octanol–water partition coefficient (Wildman–Crippen LogP) is 8.33. The Kier molecular flexibility index (Phi) is 16.4. The van der Waals surface area contributed by atoms with Crippen molar-refractivity contribution in [2.75, 3.05) is 41.0 Å². The molecule has 1 aromatic rings. The third-order valence-electron chi connectivity index (χ3n) is 7.93. The summed E-state index contributed by atoms with van der Waals surface area (Å²) in [6, 6.07) is 3.76. The van der Waals surface area contributed by atoms with Gasteiger partial charge in [-0.3, -0.25) is 4.79 Å². The van der Waals surface area contributed by atoms with Crippen molar-refractivity contribution in [2.24, 2.45) is 0 Å². The molecule has 1 aliphatic rings. The lowest BCUT2D eigenvalue weighted by Gasteiger charge is -2.23. The fraction of sp³-hybridized carbons (Fsp3) is 0.781. The number of carbonyl (C=O) groups is 1. The maximum atomic E-state index is 13.6. The van der Waals surface area contributed by atoms with E-state index in [0.717, 1.165) is 31.4 Å². The van der Waals surface area contributed by atoms with Crippen molar-refractivity contribution >= 4 is 5.78 Å². The van der Waals surface area contributed by atoms with E-state index in [4.69, 9.17) is 14.2 Å². The maximum Gasteiger partial charge on any atom is 0.140 e. The van der Waals surface area contributed by atoms with E-state index in [0.29, 0.717) is 29.5 Å². The van der Waals surface area contributed by atoms with Crippen LogP contribution in [0.4, 0.5) is 0 Å². The molecular weight excluding hydrogens is 462 g/mol. The summed E-state index contributed by atoms with van der Waals surface area (Å²) in [5, 5.41) is 0. The number of ether oxygens (including phenoxy) is 3. The van der Waals surface area contributed by atoms with E-state index in [1.165, 1.54) is 96.6 Å². The Morgan fingerprint density at radius 1 is 0.757 bits per heavy atom. The summed E-state index contributed by atoms with van der Waals surface area (Å²) in [6.07, 6.45) is 20.7. The average molecular weight is 518 g/mol. The van der Waals surface area contributed by atoms with E-state index in [-0.39, 0.29) is 5.92 Å². The van der Waals surface area contributed by atoms with Crippen molar-refractivity contribution in [3.8, 4) is 17.2 Å². The molecule has 1 saturated heterocycles. The highest BCUT2D eigenvalue weighted by atomic mass is 16.5. The number of rotatable bonds is 22. The topological polar surface area (TPSA) is 48.0 Å². The number of Topliss-reactive ketones (excluding diaryl/α,β-unsaturated/α-hetero) is 1. The Morgan fingerprint density at radius 3 is 1.76 bits per heavy atom. The number of likely N-dealkylation sites (tertiary alicyclic amines) is 1. The molecule has 1 heterocycles. The highest BCUT2D eigenvalue weighted by Crippen LogP contribution is 2.42. The minimum absolute atomic E-state index is 0.197. The van der Waals surface area contributed by atoms with Crippen LogP contribution in [0, 0.1) is 0 Å². The van der Waals surface area contributed by atoms with Gasteiger partial charge in [0, 0.05) is 24.1 Å². The lowest BCUT2D eigenvalue weighted by molar-refractivity contribution is -0.120. The molecule has 0 aliphatic carbocycles. The van der Waals surface area contributed by atoms with Crippen LogP contribution in [-0.2, 0) is 4.79 Å². The zero-order valence-corrected chi connectivity index (χ0v) is 24.5. The molecule has 0 radical (unpaired) electrons. The normalized spacial score (nSPS) is 14.6. The molecule has 1 fully saturated rings. The van der Waals surface area contributed by atoms with Gasteiger partial charge >= 0.3 is 0 Å². The van der Waals surface area contributed by atoms with Crippen LogP contribution in [0.15, 0.2) is 12.1 Å². The van der Waals surface area contributed by atoms with Crippen molar-refractivity contribution in [3.63, 3.8) is 0 Å². The molecule has 5 nitrogen and oxygen atoms in total. The van der Waals surface area contributed by atoms with Gasteiger partial charge in [-0.05, 0) is 45.3 Å². The number of benzene rings is 1. The fourth-order valence-corrected chi connectivity index (χ4v) is 5.69. The Labute approximate surface area is 227 Å². The molecule has 1 atom stereocenters. The molecular formula is C32H55NO4. The first kappa shape index (κ1) is 31.5. The smallest absolute Gasteiger partial charge is 0.140 e. The van der Waals surface area contributed by atoms with Crippen molar-refractivity contribution < 1.29 is 19.0 Å². The van der Waals surface area contributed by atoms with Crippen LogP contribution in [-0.4, -0.2) is 51.6 Å². The minimum Gasteiger partial charge on any atom is -0.496 e. The summed E-state index contributed by atoms with van der Waals surface area (Å²) in [5.74, 6) is 2.17. The summed E-state index contributed by atoms with van der Waals surface area (Å²) < 4.78 is 16.9. The number of carbonyl (C=O) groups excluding carboxylic acids is 1. The van der Waals surface area contributed by atoms with Gasteiger partial charge in [-0.2, -0.15) is 0 Å². The molecule has 0 spiro atoms. The third kappa shape index (κ3) is 11.7. The molecule has 0 N–H and O–H groups in total. The van der Waals surface area contributed by atoms with Gasteiger partial charge in [-0.1, -0.05) is 84.0 Å². The first-order valence-corrected chi connectivity index (χ1v) is 15.2. The molecule has 1 unspecified atom stereocenters. The molecule has 0 amide bonds. The van der Waals surface area contributed by atoms with Crippen LogP contribution in [0.1, 0.15) is 128 Å². The first-order valence-electron chi connectivity index (χ1n) is 15.2. The Bertz CT molecular complexity index is 719. The number of ketones is 1. The SMILES string of the molecule is CCCCCCCCCCCCCCC(C(=O)CCCN1CCCC1)c1c(OC)cc(OC)cc1OC. The van der Waals surface area contributed by atoms with E-state index < -0.39 is 0 Å². The standard InChI is InChI=1S/C32H55NO4/c1-5-6-7-8-9-10-11-12-13-14-15-16-20-28(29(34)21-19-24-33-22-17-18-23-33)32-30(36-3)25-27(35-2)26-31(32)37-4/h25-26,28H,5-24H2,1-4H3.